The predicted octanol–water partition coefficient (Wildman–Crippen LogP) is 3.13. The van der Waals surface area contributed by atoms with E-state index < -0.39 is 34.8 Å². The predicted molar refractivity (Wildman–Crippen MR) is 94.1 cm³/mol. The first kappa shape index (κ1) is 20.5. The van der Waals surface area contributed by atoms with E-state index in [1.165, 1.54) is 32.2 Å². The molecular formula is C18H21F3N4O2. The van der Waals surface area contributed by atoms with Gasteiger partial charge in [0.2, 0.25) is 0 Å². The lowest BCUT2D eigenvalue weighted by Crippen LogP contribution is -2.48. The number of hydrogen-bond acceptors (Lipinski definition) is 3. The van der Waals surface area contributed by atoms with Crippen molar-refractivity contribution >= 4 is 17.5 Å². The summed E-state index contributed by atoms with van der Waals surface area (Å²) in [6, 6.07) is 4.78. The number of benzene rings is 1. The third-order valence-corrected chi connectivity index (χ3v) is 3.62. The molecule has 1 aromatic carbocycles. The maximum atomic E-state index is 14.5. The van der Waals surface area contributed by atoms with Crippen LogP contribution in [0.5, 0.6) is 0 Å². The molecule has 6 nitrogen and oxygen atoms in total. The molecule has 0 aliphatic rings. The molecule has 0 saturated heterocycles. The number of halogens is 3. The van der Waals surface area contributed by atoms with Crippen molar-refractivity contribution in [1.82, 2.24) is 15.1 Å². The highest BCUT2D eigenvalue weighted by molar-refractivity contribution is 6.03. The standard InChI is InChI=1S/C18H21F3N4O2/c1-10-8-11(6-7-12(10)19)22-15(26)13-9-14(25(5)24-13)18(20,21)16(27)23-17(2,3)4/h6-9H,1-5H3,(H,22,26)(H,23,27). The van der Waals surface area contributed by atoms with E-state index >= 15 is 0 Å². The molecule has 146 valence electrons. The van der Waals surface area contributed by atoms with E-state index in [2.05, 4.69) is 15.7 Å². The number of alkyl halides is 2. The van der Waals surface area contributed by atoms with Gasteiger partial charge in [0.05, 0.1) is 0 Å². The number of anilines is 1. The first-order valence-corrected chi connectivity index (χ1v) is 8.14. The molecule has 27 heavy (non-hydrogen) atoms. The van der Waals surface area contributed by atoms with Crippen LogP contribution in [0.3, 0.4) is 0 Å². The molecular weight excluding hydrogens is 361 g/mol. The highest BCUT2D eigenvalue weighted by Gasteiger charge is 2.45. The van der Waals surface area contributed by atoms with Gasteiger partial charge in [0.15, 0.2) is 5.69 Å². The number of rotatable bonds is 4. The normalized spacial score (nSPS) is 12.0. The lowest BCUT2D eigenvalue weighted by molar-refractivity contribution is -0.149. The summed E-state index contributed by atoms with van der Waals surface area (Å²) in [7, 11) is 1.21. The van der Waals surface area contributed by atoms with E-state index in [1.54, 1.807) is 20.8 Å². The summed E-state index contributed by atoms with van der Waals surface area (Å²) >= 11 is 0. The van der Waals surface area contributed by atoms with E-state index in [0.717, 1.165) is 10.7 Å². The van der Waals surface area contributed by atoms with E-state index in [-0.39, 0.29) is 5.69 Å². The average molecular weight is 382 g/mol. The number of nitrogens with one attached hydrogen (secondary N) is 2. The Labute approximate surface area is 154 Å². The summed E-state index contributed by atoms with van der Waals surface area (Å²) in [5.41, 5.74) is -1.25. The van der Waals surface area contributed by atoms with Crippen LogP contribution in [0.15, 0.2) is 24.3 Å². The SMILES string of the molecule is Cc1cc(NC(=O)c2cc(C(F)(F)C(=O)NC(C)(C)C)n(C)n2)ccc1F. The van der Waals surface area contributed by atoms with Gasteiger partial charge < -0.3 is 10.6 Å². The Morgan fingerprint density at radius 1 is 1.15 bits per heavy atom. The van der Waals surface area contributed by atoms with Gasteiger partial charge >= 0.3 is 5.92 Å². The minimum Gasteiger partial charge on any atom is -0.346 e. The second-order valence-electron chi connectivity index (χ2n) is 7.24. The Balaban J connectivity index is 2.25. The second-order valence-corrected chi connectivity index (χ2v) is 7.24. The third-order valence-electron chi connectivity index (χ3n) is 3.62. The molecule has 0 aliphatic carbocycles. The van der Waals surface area contributed by atoms with E-state index in [0.29, 0.717) is 11.3 Å². The Morgan fingerprint density at radius 3 is 2.33 bits per heavy atom. The minimum atomic E-state index is -3.87. The van der Waals surface area contributed by atoms with Gasteiger partial charge in [-0.2, -0.15) is 13.9 Å². The number of aryl methyl sites for hydroxylation is 2. The lowest BCUT2D eigenvalue weighted by Gasteiger charge is -2.24. The molecule has 0 radical (unpaired) electrons. The number of hydrogen-bond donors (Lipinski definition) is 2. The van der Waals surface area contributed by atoms with Crippen LogP contribution in [0.1, 0.15) is 42.5 Å². The first-order chi connectivity index (χ1) is 12.3. The van der Waals surface area contributed by atoms with E-state index in [4.69, 9.17) is 0 Å². The van der Waals surface area contributed by atoms with Crippen molar-refractivity contribution in [3.05, 3.63) is 47.0 Å². The van der Waals surface area contributed by atoms with Crippen molar-refractivity contribution < 1.29 is 22.8 Å². The maximum Gasteiger partial charge on any atom is 0.365 e. The number of carbonyl (C=O) groups is 2. The Hall–Kier alpha value is -2.84. The first-order valence-electron chi connectivity index (χ1n) is 8.14. The van der Waals surface area contributed by atoms with Gasteiger partial charge in [-0.05, 0) is 57.5 Å². The fraction of sp³-hybridized carbons (Fsp3) is 0.389. The van der Waals surface area contributed by atoms with Gasteiger partial charge in [-0.15, -0.1) is 0 Å². The second kappa shape index (κ2) is 7.05. The van der Waals surface area contributed by atoms with Gasteiger partial charge in [-0.1, -0.05) is 0 Å². The summed E-state index contributed by atoms with van der Waals surface area (Å²) in [4.78, 5) is 24.2. The maximum absolute atomic E-state index is 14.5. The molecule has 9 heteroatoms. The molecule has 2 N–H and O–H groups in total. The molecule has 0 atom stereocenters. The van der Waals surface area contributed by atoms with Gasteiger partial charge in [0.1, 0.15) is 11.5 Å². The van der Waals surface area contributed by atoms with Gasteiger partial charge in [0.25, 0.3) is 11.8 Å². The smallest absolute Gasteiger partial charge is 0.346 e. The monoisotopic (exact) mass is 382 g/mol. The number of carbonyl (C=O) groups excluding carboxylic acids is 2. The zero-order valence-electron chi connectivity index (χ0n) is 15.7. The zero-order chi connectivity index (χ0) is 20.6. The summed E-state index contributed by atoms with van der Waals surface area (Å²) in [5.74, 6) is -6.55. The minimum absolute atomic E-state index is 0.294. The zero-order valence-corrected chi connectivity index (χ0v) is 15.7. The molecule has 0 aliphatic heterocycles. The average Bonchev–Trinajstić information content (AvgIpc) is 2.92. The number of amides is 2. The van der Waals surface area contributed by atoms with Crippen LogP contribution < -0.4 is 10.6 Å². The largest absolute Gasteiger partial charge is 0.365 e. The Bertz CT molecular complexity index is 885. The van der Waals surface area contributed by atoms with Crippen molar-refractivity contribution in [2.75, 3.05) is 5.32 Å². The van der Waals surface area contributed by atoms with Gasteiger partial charge in [-0.25, -0.2) is 4.39 Å². The summed E-state index contributed by atoms with van der Waals surface area (Å²) in [6.07, 6.45) is 0. The number of aromatic nitrogens is 2. The topological polar surface area (TPSA) is 76.0 Å². The van der Waals surface area contributed by atoms with Crippen molar-refractivity contribution in [2.24, 2.45) is 7.05 Å². The molecule has 2 amide bonds. The van der Waals surface area contributed by atoms with Crippen LogP contribution in [0, 0.1) is 12.7 Å². The molecule has 1 aromatic heterocycles. The van der Waals surface area contributed by atoms with Crippen LogP contribution in [0.4, 0.5) is 18.9 Å². The quantitative estimate of drug-likeness (QED) is 0.853. The fourth-order valence-electron chi connectivity index (χ4n) is 2.33. The van der Waals surface area contributed by atoms with Crippen molar-refractivity contribution in [1.29, 1.82) is 0 Å². The summed E-state index contributed by atoms with van der Waals surface area (Å²) in [5, 5.41) is 8.43. The van der Waals surface area contributed by atoms with Crippen LogP contribution in [-0.2, 0) is 17.8 Å². The molecule has 0 bridgehead atoms. The Kier molecular flexibility index (Phi) is 5.35. The Morgan fingerprint density at radius 2 is 1.78 bits per heavy atom. The highest BCUT2D eigenvalue weighted by atomic mass is 19.3. The van der Waals surface area contributed by atoms with Crippen LogP contribution in [0.2, 0.25) is 0 Å². The third kappa shape index (κ3) is 4.66. The van der Waals surface area contributed by atoms with Gasteiger partial charge in [-0.3, -0.25) is 14.3 Å². The van der Waals surface area contributed by atoms with Crippen molar-refractivity contribution in [3.8, 4) is 0 Å². The number of nitrogens with zero attached hydrogens (tertiary/aromatic N) is 2. The lowest BCUT2D eigenvalue weighted by atomic mass is 10.1. The molecule has 2 aromatic rings. The summed E-state index contributed by atoms with van der Waals surface area (Å²) < 4.78 is 43.1. The van der Waals surface area contributed by atoms with E-state index in [9.17, 15) is 22.8 Å². The molecule has 0 fully saturated rings. The van der Waals surface area contributed by atoms with E-state index in [1.807, 2.05) is 0 Å². The molecule has 1 heterocycles. The molecule has 2 rings (SSSR count). The molecule has 0 unspecified atom stereocenters. The van der Waals surface area contributed by atoms with Crippen LogP contribution in [0.25, 0.3) is 0 Å². The van der Waals surface area contributed by atoms with Crippen molar-refractivity contribution in [3.63, 3.8) is 0 Å². The highest BCUT2D eigenvalue weighted by Crippen LogP contribution is 2.29. The fourth-order valence-corrected chi connectivity index (χ4v) is 2.33. The van der Waals surface area contributed by atoms with Crippen molar-refractivity contribution in [2.45, 2.75) is 39.2 Å². The van der Waals surface area contributed by atoms with Crippen LogP contribution in [-0.4, -0.2) is 27.1 Å². The molecule has 0 spiro atoms. The van der Waals surface area contributed by atoms with Gasteiger partial charge in [0, 0.05) is 18.3 Å². The molecule has 0 saturated carbocycles. The summed E-state index contributed by atoms with van der Waals surface area (Å²) in [6.45, 7) is 6.26. The van der Waals surface area contributed by atoms with Crippen LogP contribution >= 0.6 is 0 Å².